The first-order chi connectivity index (χ1) is 9.63. The van der Waals surface area contributed by atoms with Gasteiger partial charge in [-0.25, -0.2) is 0 Å². The minimum Gasteiger partial charge on any atom is -0.377 e. The summed E-state index contributed by atoms with van der Waals surface area (Å²) in [6.07, 6.45) is 2.22. The number of hydrogen-bond donors (Lipinski definition) is 2. The molecule has 0 aliphatic heterocycles. The van der Waals surface area contributed by atoms with E-state index in [0.29, 0.717) is 40.5 Å². The third-order valence-corrected chi connectivity index (χ3v) is 3.33. The van der Waals surface area contributed by atoms with Crippen LogP contribution in [0.5, 0.6) is 0 Å². The highest BCUT2D eigenvalue weighted by Crippen LogP contribution is 2.38. The zero-order chi connectivity index (χ0) is 14.1. The third kappa shape index (κ3) is 2.75. The Balaban J connectivity index is 1.72. The molecule has 0 spiro atoms. The molecule has 6 nitrogen and oxygen atoms in total. The number of nitrogens with two attached hydrogens (primary N) is 1. The Morgan fingerprint density at radius 2 is 2.30 bits per heavy atom. The van der Waals surface area contributed by atoms with Crippen molar-refractivity contribution in [1.29, 1.82) is 0 Å². The van der Waals surface area contributed by atoms with Crippen LogP contribution in [0.2, 0.25) is 5.02 Å². The van der Waals surface area contributed by atoms with Crippen molar-refractivity contribution < 1.29 is 9.32 Å². The van der Waals surface area contributed by atoms with Gasteiger partial charge >= 0.3 is 0 Å². The maximum absolute atomic E-state index is 11.4. The van der Waals surface area contributed by atoms with Crippen LogP contribution in [-0.2, 0) is 6.54 Å². The van der Waals surface area contributed by atoms with Gasteiger partial charge in [0.25, 0.3) is 5.91 Å². The summed E-state index contributed by atoms with van der Waals surface area (Å²) in [5.41, 5.74) is 6.25. The SMILES string of the molecule is NC(=O)c1cc(Cl)ccc1NCc1noc(C2CC2)n1. The summed E-state index contributed by atoms with van der Waals surface area (Å²) < 4.78 is 5.16. The Morgan fingerprint density at radius 3 is 3.00 bits per heavy atom. The van der Waals surface area contributed by atoms with Crippen LogP contribution in [0, 0.1) is 0 Å². The van der Waals surface area contributed by atoms with E-state index in [4.69, 9.17) is 21.9 Å². The Kier molecular flexibility index (Phi) is 3.31. The maximum Gasteiger partial charge on any atom is 0.250 e. The number of nitrogens with one attached hydrogen (secondary N) is 1. The largest absolute Gasteiger partial charge is 0.377 e. The van der Waals surface area contributed by atoms with Gasteiger partial charge in [0.15, 0.2) is 5.82 Å². The third-order valence-electron chi connectivity index (χ3n) is 3.09. The summed E-state index contributed by atoms with van der Waals surface area (Å²) in [4.78, 5) is 15.7. The van der Waals surface area contributed by atoms with Gasteiger partial charge in [0.2, 0.25) is 5.89 Å². The van der Waals surface area contributed by atoms with Gasteiger partial charge in [-0.05, 0) is 31.0 Å². The van der Waals surface area contributed by atoms with Gasteiger partial charge in [0.1, 0.15) is 0 Å². The average Bonchev–Trinajstić information content (AvgIpc) is 3.17. The van der Waals surface area contributed by atoms with Gasteiger partial charge in [-0.1, -0.05) is 16.8 Å². The fraction of sp³-hybridized carbons (Fsp3) is 0.308. The van der Waals surface area contributed by atoms with Crippen molar-refractivity contribution in [2.45, 2.75) is 25.3 Å². The summed E-state index contributed by atoms with van der Waals surface area (Å²) in [5.74, 6) is 1.13. The molecule has 3 rings (SSSR count). The first-order valence-corrected chi connectivity index (χ1v) is 6.67. The number of benzene rings is 1. The molecular weight excluding hydrogens is 280 g/mol. The van der Waals surface area contributed by atoms with E-state index < -0.39 is 5.91 Å². The van der Waals surface area contributed by atoms with Crippen molar-refractivity contribution >= 4 is 23.2 Å². The zero-order valence-electron chi connectivity index (χ0n) is 10.6. The molecule has 2 aromatic rings. The Morgan fingerprint density at radius 1 is 1.50 bits per heavy atom. The first-order valence-electron chi connectivity index (χ1n) is 6.29. The number of primary amides is 1. The van der Waals surface area contributed by atoms with Crippen LogP contribution in [0.3, 0.4) is 0 Å². The molecule has 1 aromatic heterocycles. The molecular formula is C13H13ClN4O2. The van der Waals surface area contributed by atoms with Gasteiger partial charge in [0.05, 0.1) is 12.1 Å². The fourth-order valence-electron chi connectivity index (χ4n) is 1.88. The van der Waals surface area contributed by atoms with Crippen LogP contribution < -0.4 is 11.1 Å². The Bertz CT molecular complexity index is 652. The molecule has 20 heavy (non-hydrogen) atoms. The van der Waals surface area contributed by atoms with Crippen LogP contribution in [0.15, 0.2) is 22.7 Å². The lowest BCUT2D eigenvalue weighted by Gasteiger charge is -2.08. The number of hydrogen-bond acceptors (Lipinski definition) is 5. The lowest BCUT2D eigenvalue weighted by atomic mass is 10.1. The number of nitrogens with zero attached hydrogens (tertiary/aromatic N) is 2. The molecule has 0 bridgehead atoms. The van der Waals surface area contributed by atoms with E-state index in [0.717, 1.165) is 12.8 Å². The van der Waals surface area contributed by atoms with Gasteiger partial charge in [0, 0.05) is 16.6 Å². The van der Waals surface area contributed by atoms with Crippen molar-refractivity contribution in [3.8, 4) is 0 Å². The second-order valence-corrected chi connectivity index (χ2v) is 5.17. The lowest BCUT2D eigenvalue weighted by Crippen LogP contribution is -2.14. The predicted octanol–water partition coefficient (Wildman–Crippen LogP) is 2.31. The number of carbonyl (C=O) groups excluding carboxylic acids is 1. The normalized spacial score (nSPS) is 14.2. The topological polar surface area (TPSA) is 94.0 Å². The summed E-state index contributed by atoms with van der Waals surface area (Å²) in [7, 11) is 0. The monoisotopic (exact) mass is 292 g/mol. The van der Waals surface area contributed by atoms with Gasteiger partial charge in [-0.15, -0.1) is 0 Å². The summed E-state index contributed by atoms with van der Waals surface area (Å²) >= 11 is 5.85. The number of rotatable bonds is 5. The van der Waals surface area contributed by atoms with Crippen molar-refractivity contribution in [1.82, 2.24) is 10.1 Å². The smallest absolute Gasteiger partial charge is 0.250 e. The van der Waals surface area contributed by atoms with Crippen LogP contribution in [0.1, 0.15) is 40.8 Å². The predicted molar refractivity (Wildman–Crippen MR) is 73.6 cm³/mol. The maximum atomic E-state index is 11.4. The molecule has 1 heterocycles. The molecule has 1 aromatic carbocycles. The number of halogens is 1. The number of carbonyl (C=O) groups is 1. The molecule has 1 amide bonds. The van der Waals surface area contributed by atoms with Gasteiger partial charge < -0.3 is 15.6 Å². The Hall–Kier alpha value is -2.08. The van der Waals surface area contributed by atoms with Crippen molar-refractivity contribution in [2.24, 2.45) is 5.73 Å². The highest BCUT2D eigenvalue weighted by Gasteiger charge is 2.29. The number of amides is 1. The van der Waals surface area contributed by atoms with Crippen LogP contribution in [-0.4, -0.2) is 16.0 Å². The van der Waals surface area contributed by atoms with Crippen molar-refractivity contribution in [2.75, 3.05) is 5.32 Å². The minimum absolute atomic E-state index is 0.336. The molecule has 0 saturated heterocycles. The highest BCUT2D eigenvalue weighted by molar-refractivity contribution is 6.31. The van der Waals surface area contributed by atoms with E-state index >= 15 is 0 Å². The van der Waals surface area contributed by atoms with E-state index in [1.165, 1.54) is 6.07 Å². The molecule has 1 aliphatic rings. The van der Waals surface area contributed by atoms with Crippen molar-refractivity contribution in [3.05, 3.63) is 40.5 Å². The van der Waals surface area contributed by atoms with E-state index in [1.807, 2.05) is 0 Å². The van der Waals surface area contributed by atoms with Gasteiger partial charge in [-0.2, -0.15) is 4.98 Å². The van der Waals surface area contributed by atoms with E-state index in [1.54, 1.807) is 12.1 Å². The molecule has 1 aliphatic carbocycles. The van der Waals surface area contributed by atoms with E-state index in [2.05, 4.69) is 15.5 Å². The molecule has 3 N–H and O–H groups in total. The van der Waals surface area contributed by atoms with Crippen LogP contribution >= 0.6 is 11.6 Å². The second-order valence-electron chi connectivity index (χ2n) is 4.73. The summed E-state index contributed by atoms with van der Waals surface area (Å²) in [5, 5.41) is 7.42. The molecule has 7 heteroatoms. The van der Waals surface area contributed by atoms with Crippen LogP contribution in [0.4, 0.5) is 5.69 Å². The van der Waals surface area contributed by atoms with E-state index in [9.17, 15) is 4.79 Å². The Labute approximate surface area is 120 Å². The molecule has 1 fully saturated rings. The first kappa shape index (κ1) is 12.9. The standard InChI is InChI=1S/C13H13ClN4O2/c14-8-3-4-10(9(5-8)12(15)19)16-6-11-17-13(20-18-11)7-1-2-7/h3-5,7,16H,1-2,6H2,(H2,15,19). The fourth-order valence-corrected chi connectivity index (χ4v) is 2.06. The van der Waals surface area contributed by atoms with Gasteiger partial charge in [-0.3, -0.25) is 4.79 Å². The molecule has 0 atom stereocenters. The molecule has 1 saturated carbocycles. The van der Waals surface area contributed by atoms with Crippen molar-refractivity contribution in [3.63, 3.8) is 0 Å². The summed E-state index contributed by atoms with van der Waals surface area (Å²) in [6.45, 7) is 0.359. The average molecular weight is 293 g/mol. The highest BCUT2D eigenvalue weighted by atomic mass is 35.5. The quantitative estimate of drug-likeness (QED) is 0.882. The molecule has 104 valence electrons. The lowest BCUT2D eigenvalue weighted by molar-refractivity contribution is 0.100. The zero-order valence-corrected chi connectivity index (χ0v) is 11.4. The van der Waals surface area contributed by atoms with Crippen LogP contribution in [0.25, 0.3) is 0 Å². The minimum atomic E-state index is -0.540. The number of anilines is 1. The van der Waals surface area contributed by atoms with E-state index in [-0.39, 0.29) is 0 Å². The molecule has 0 radical (unpaired) electrons. The second kappa shape index (κ2) is 5.13. The molecule has 0 unspecified atom stereocenters. The summed E-state index contributed by atoms with van der Waals surface area (Å²) in [6, 6.07) is 4.91. The number of aromatic nitrogens is 2.